The Kier molecular flexibility index (Phi) is 4.19. The van der Waals surface area contributed by atoms with Crippen molar-refractivity contribution in [1.82, 2.24) is 10.2 Å². The molecule has 5 heteroatoms. The van der Waals surface area contributed by atoms with Crippen LogP contribution >= 0.6 is 0 Å². The lowest BCUT2D eigenvalue weighted by Crippen LogP contribution is -2.53. The van der Waals surface area contributed by atoms with E-state index in [1.165, 1.54) is 6.07 Å². The van der Waals surface area contributed by atoms with Gasteiger partial charge in [-0.3, -0.25) is 4.79 Å². The Bertz CT molecular complexity index is 525. The second-order valence-corrected chi connectivity index (χ2v) is 6.00. The zero-order chi connectivity index (χ0) is 14.8. The number of amides is 1. The Morgan fingerprint density at radius 3 is 2.57 bits per heavy atom. The minimum Gasteiger partial charge on any atom is -0.335 e. The lowest BCUT2D eigenvalue weighted by atomic mass is 9.99. The first-order chi connectivity index (χ1) is 10.1. The summed E-state index contributed by atoms with van der Waals surface area (Å²) in [5, 5.41) is 3.09. The smallest absolute Gasteiger partial charge is 0.228 e. The number of carbonyl (C=O) groups excluding carboxylic acids is 1. The van der Waals surface area contributed by atoms with E-state index in [1.54, 1.807) is 4.90 Å². The maximum absolute atomic E-state index is 13.9. The van der Waals surface area contributed by atoms with Crippen LogP contribution in [-0.2, 0) is 11.3 Å². The van der Waals surface area contributed by atoms with Crippen LogP contribution in [0.2, 0.25) is 0 Å². The predicted molar refractivity (Wildman–Crippen MR) is 75.5 cm³/mol. The molecule has 0 unspecified atom stereocenters. The maximum atomic E-state index is 13.9. The molecule has 0 bridgehead atoms. The molecule has 3 rings (SSSR count). The van der Waals surface area contributed by atoms with Gasteiger partial charge in [-0.05, 0) is 31.0 Å². The molecule has 1 amide bonds. The van der Waals surface area contributed by atoms with Crippen molar-refractivity contribution in [1.29, 1.82) is 0 Å². The quantitative estimate of drug-likeness (QED) is 0.925. The molecule has 114 valence electrons. The van der Waals surface area contributed by atoms with Crippen LogP contribution < -0.4 is 5.32 Å². The Balaban J connectivity index is 1.80. The second kappa shape index (κ2) is 6.10. The lowest BCUT2D eigenvalue weighted by Gasteiger charge is -2.36. The van der Waals surface area contributed by atoms with Crippen LogP contribution in [0.15, 0.2) is 18.2 Å². The molecule has 1 aromatic carbocycles. The molecule has 0 radical (unpaired) electrons. The Morgan fingerprint density at radius 2 is 1.95 bits per heavy atom. The largest absolute Gasteiger partial charge is 0.335 e. The van der Waals surface area contributed by atoms with E-state index in [4.69, 9.17) is 0 Å². The summed E-state index contributed by atoms with van der Waals surface area (Å²) >= 11 is 0. The van der Waals surface area contributed by atoms with Gasteiger partial charge in [0.2, 0.25) is 5.91 Å². The van der Waals surface area contributed by atoms with Crippen molar-refractivity contribution in [3.05, 3.63) is 35.4 Å². The Hall–Kier alpha value is -1.49. The van der Waals surface area contributed by atoms with E-state index in [-0.39, 0.29) is 30.0 Å². The van der Waals surface area contributed by atoms with Gasteiger partial charge in [0.1, 0.15) is 11.6 Å². The van der Waals surface area contributed by atoms with Gasteiger partial charge in [0, 0.05) is 31.2 Å². The number of rotatable bonds is 4. The van der Waals surface area contributed by atoms with Crippen molar-refractivity contribution in [2.75, 3.05) is 13.1 Å². The zero-order valence-electron chi connectivity index (χ0n) is 11.9. The standard InChI is InChI=1S/C16H20F2N2O/c17-13-5-6-15(18)11(7-13)10-20(14-3-1-2-4-14)16(21)12-8-19-9-12/h5-7,12,14,19H,1-4,8-10H2. The van der Waals surface area contributed by atoms with Gasteiger partial charge < -0.3 is 10.2 Å². The molecular weight excluding hydrogens is 274 g/mol. The van der Waals surface area contributed by atoms with Gasteiger partial charge >= 0.3 is 0 Å². The molecule has 3 nitrogen and oxygen atoms in total. The molecule has 2 fully saturated rings. The zero-order valence-corrected chi connectivity index (χ0v) is 11.9. The van der Waals surface area contributed by atoms with Gasteiger partial charge in [0.15, 0.2) is 0 Å². The summed E-state index contributed by atoms with van der Waals surface area (Å²) in [5.74, 6) is -0.846. The van der Waals surface area contributed by atoms with E-state index in [2.05, 4.69) is 5.32 Å². The summed E-state index contributed by atoms with van der Waals surface area (Å²) in [4.78, 5) is 14.4. The summed E-state index contributed by atoms with van der Waals surface area (Å²) in [7, 11) is 0. The first-order valence-corrected chi connectivity index (χ1v) is 7.60. The third-order valence-electron chi connectivity index (χ3n) is 4.53. The van der Waals surface area contributed by atoms with Crippen LogP contribution in [-0.4, -0.2) is 29.9 Å². The highest BCUT2D eigenvalue weighted by Crippen LogP contribution is 2.27. The fourth-order valence-electron chi connectivity index (χ4n) is 3.15. The third kappa shape index (κ3) is 3.07. The highest BCUT2D eigenvalue weighted by Gasteiger charge is 2.34. The molecule has 1 aliphatic heterocycles. The first-order valence-electron chi connectivity index (χ1n) is 7.60. The number of benzene rings is 1. The first kappa shape index (κ1) is 14.4. The van der Waals surface area contributed by atoms with E-state index in [9.17, 15) is 13.6 Å². The molecule has 1 heterocycles. The number of hydrogen-bond acceptors (Lipinski definition) is 2. The van der Waals surface area contributed by atoms with Gasteiger partial charge in [-0.15, -0.1) is 0 Å². The van der Waals surface area contributed by atoms with Gasteiger partial charge in [0.05, 0.1) is 5.92 Å². The Labute approximate surface area is 123 Å². The summed E-state index contributed by atoms with van der Waals surface area (Å²) in [6, 6.07) is 3.60. The molecule has 0 aromatic heterocycles. The van der Waals surface area contributed by atoms with Crippen molar-refractivity contribution in [3.8, 4) is 0 Å². The molecule has 2 aliphatic rings. The molecule has 21 heavy (non-hydrogen) atoms. The molecule has 0 atom stereocenters. The molecular formula is C16H20F2N2O. The molecule has 1 aliphatic carbocycles. The number of hydrogen-bond donors (Lipinski definition) is 1. The average molecular weight is 294 g/mol. The Morgan fingerprint density at radius 1 is 1.24 bits per heavy atom. The van der Waals surface area contributed by atoms with Crippen molar-refractivity contribution in [2.45, 2.75) is 38.3 Å². The van der Waals surface area contributed by atoms with Crippen molar-refractivity contribution in [2.24, 2.45) is 5.92 Å². The van der Waals surface area contributed by atoms with Gasteiger partial charge in [-0.25, -0.2) is 8.78 Å². The lowest BCUT2D eigenvalue weighted by molar-refractivity contribution is -0.140. The summed E-state index contributed by atoms with van der Waals surface area (Å²) in [6.07, 6.45) is 4.12. The van der Waals surface area contributed by atoms with E-state index in [1.807, 2.05) is 0 Å². The van der Waals surface area contributed by atoms with Crippen LogP contribution in [0.1, 0.15) is 31.2 Å². The molecule has 1 aromatic rings. The summed E-state index contributed by atoms with van der Waals surface area (Å²) in [5.41, 5.74) is 0.266. The van der Waals surface area contributed by atoms with Crippen LogP contribution in [0, 0.1) is 17.6 Å². The SMILES string of the molecule is O=C(C1CNC1)N(Cc1cc(F)ccc1F)C1CCCC1. The van der Waals surface area contributed by atoms with E-state index in [0.717, 1.165) is 37.8 Å². The van der Waals surface area contributed by atoms with Crippen LogP contribution in [0.5, 0.6) is 0 Å². The number of carbonyl (C=O) groups is 1. The molecule has 1 N–H and O–H groups in total. The van der Waals surface area contributed by atoms with Crippen molar-refractivity contribution in [3.63, 3.8) is 0 Å². The predicted octanol–water partition coefficient (Wildman–Crippen LogP) is 2.46. The second-order valence-electron chi connectivity index (χ2n) is 6.00. The average Bonchev–Trinajstić information content (AvgIpc) is 2.91. The molecule has 1 saturated carbocycles. The molecule has 0 spiro atoms. The monoisotopic (exact) mass is 294 g/mol. The summed E-state index contributed by atoms with van der Waals surface area (Å²) < 4.78 is 27.2. The van der Waals surface area contributed by atoms with Crippen molar-refractivity contribution >= 4 is 5.91 Å². The minimum absolute atomic E-state index is 0.0118. The van der Waals surface area contributed by atoms with Gasteiger partial charge in [0.25, 0.3) is 0 Å². The highest BCUT2D eigenvalue weighted by atomic mass is 19.1. The summed E-state index contributed by atoms with van der Waals surface area (Å²) in [6.45, 7) is 1.55. The number of nitrogens with one attached hydrogen (secondary N) is 1. The number of halogens is 2. The van der Waals surface area contributed by atoms with E-state index >= 15 is 0 Å². The third-order valence-corrected chi connectivity index (χ3v) is 4.53. The van der Waals surface area contributed by atoms with Gasteiger partial charge in [-0.1, -0.05) is 12.8 Å². The minimum atomic E-state index is -0.462. The van der Waals surface area contributed by atoms with E-state index in [0.29, 0.717) is 13.1 Å². The fraction of sp³-hybridized carbons (Fsp3) is 0.562. The maximum Gasteiger partial charge on any atom is 0.228 e. The topological polar surface area (TPSA) is 32.3 Å². The van der Waals surface area contributed by atoms with Crippen LogP contribution in [0.3, 0.4) is 0 Å². The molecule has 1 saturated heterocycles. The normalized spacial score (nSPS) is 19.5. The highest BCUT2D eigenvalue weighted by molar-refractivity contribution is 5.80. The van der Waals surface area contributed by atoms with Crippen LogP contribution in [0.25, 0.3) is 0 Å². The number of nitrogens with zero attached hydrogens (tertiary/aromatic N) is 1. The van der Waals surface area contributed by atoms with Crippen LogP contribution in [0.4, 0.5) is 8.78 Å². The fourth-order valence-corrected chi connectivity index (χ4v) is 3.15. The van der Waals surface area contributed by atoms with Gasteiger partial charge in [-0.2, -0.15) is 0 Å². The van der Waals surface area contributed by atoms with Crippen molar-refractivity contribution < 1.29 is 13.6 Å². The van der Waals surface area contributed by atoms with E-state index < -0.39 is 11.6 Å².